The van der Waals surface area contributed by atoms with Gasteiger partial charge in [0, 0.05) is 20.3 Å². The van der Waals surface area contributed by atoms with E-state index in [-0.39, 0.29) is 6.09 Å². The van der Waals surface area contributed by atoms with Gasteiger partial charge >= 0.3 is 6.09 Å². The van der Waals surface area contributed by atoms with Crippen LogP contribution in [0.1, 0.15) is 12.8 Å². The fraction of sp³-hybridized carbons (Fsp3) is 0.875. The maximum absolute atomic E-state index is 10.7. The second-order valence-corrected chi connectivity index (χ2v) is 2.90. The SMILES string of the molecule is CNC(=O)OCC1CCOCC1. The first-order valence-electron chi connectivity index (χ1n) is 4.25. The van der Waals surface area contributed by atoms with Gasteiger partial charge in [-0.3, -0.25) is 0 Å². The van der Waals surface area contributed by atoms with Crippen molar-refractivity contribution in [2.45, 2.75) is 12.8 Å². The molecule has 0 unspecified atom stereocenters. The Bertz CT molecular complexity index is 143. The highest BCUT2D eigenvalue weighted by atomic mass is 16.5. The van der Waals surface area contributed by atoms with E-state index in [9.17, 15) is 4.79 Å². The second kappa shape index (κ2) is 4.98. The molecule has 1 fully saturated rings. The molecule has 0 atom stereocenters. The molecule has 4 nitrogen and oxygen atoms in total. The highest BCUT2D eigenvalue weighted by molar-refractivity contribution is 5.66. The van der Waals surface area contributed by atoms with Crippen LogP contribution in [0.25, 0.3) is 0 Å². The Balaban J connectivity index is 2.09. The molecule has 4 heteroatoms. The van der Waals surface area contributed by atoms with Gasteiger partial charge < -0.3 is 14.8 Å². The number of hydrogen-bond donors (Lipinski definition) is 1. The molecule has 1 amide bonds. The van der Waals surface area contributed by atoms with Crippen LogP contribution < -0.4 is 5.32 Å². The summed E-state index contributed by atoms with van der Waals surface area (Å²) in [5, 5.41) is 2.41. The van der Waals surface area contributed by atoms with Gasteiger partial charge in [-0.1, -0.05) is 0 Å². The van der Waals surface area contributed by atoms with Crippen molar-refractivity contribution < 1.29 is 14.3 Å². The molecule has 0 aromatic carbocycles. The lowest BCUT2D eigenvalue weighted by Crippen LogP contribution is -2.25. The first-order valence-corrected chi connectivity index (χ1v) is 4.25. The van der Waals surface area contributed by atoms with Crippen molar-refractivity contribution in [3.63, 3.8) is 0 Å². The highest BCUT2D eigenvalue weighted by Crippen LogP contribution is 2.14. The quantitative estimate of drug-likeness (QED) is 0.671. The lowest BCUT2D eigenvalue weighted by molar-refractivity contribution is 0.0383. The highest BCUT2D eigenvalue weighted by Gasteiger charge is 2.15. The first kappa shape index (κ1) is 9.32. The van der Waals surface area contributed by atoms with Crippen molar-refractivity contribution in [2.24, 2.45) is 5.92 Å². The van der Waals surface area contributed by atoms with Gasteiger partial charge in [0.05, 0.1) is 6.61 Å². The minimum Gasteiger partial charge on any atom is -0.449 e. The lowest BCUT2D eigenvalue weighted by atomic mass is 10.0. The Labute approximate surface area is 72.2 Å². The third kappa shape index (κ3) is 3.09. The summed E-state index contributed by atoms with van der Waals surface area (Å²) < 4.78 is 10.1. The summed E-state index contributed by atoms with van der Waals surface area (Å²) in [6.07, 6.45) is 1.65. The standard InChI is InChI=1S/C8H15NO3/c1-9-8(10)12-6-7-2-4-11-5-3-7/h7H,2-6H2,1H3,(H,9,10). The molecule has 0 aliphatic carbocycles. The van der Waals surface area contributed by atoms with Crippen LogP contribution >= 0.6 is 0 Å². The molecule has 0 spiro atoms. The minimum atomic E-state index is -0.346. The molecule has 1 saturated heterocycles. The Morgan fingerprint density at radius 2 is 2.25 bits per heavy atom. The number of amides is 1. The zero-order valence-electron chi connectivity index (χ0n) is 7.34. The number of carbonyl (C=O) groups excluding carboxylic acids is 1. The van der Waals surface area contributed by atoms with Crippen LogP contribution in [-0.2, 0) is 9.47 Å². The van der Waals surface area contributed by atoms with E-state index in [2.05, 4.69) is 5.32 Å². The number of alkyl carbamates (subject to hydrolysis) is 1. The van der Waals surface area contributed by atoms with Crippen molar-refractivity contribution in [2.75, 3.05) is 26.9 Å². The zero-order chi connectivity index (χ0) is 8.81. The summed E-state index contributed by atoms with van der Waals surface area (Å²) in [5.74, 6) is 0.482. The van der Waals surface area contributed by atoms with Crippen molar-refractivity contribution in [3.05, 3.63) is 0 Å². The van der Waals surface area contributed by atoms with Crippen molar-refractivity contribution >= 4 is 6.09 Å². The molecule has 0 saturated carbocycles. The summed E-state index contributed by atoms with van der Waals surface area (Å²) in [4.78, 5) is 10.7. The molecular formula is C8H15NO3. The first-order chi connectivity index (χ1) is 5.83. The fourth-order valence-corrected chi connectivity index (χ4v) is 1.18. The van der Waals surface area contributed by atoms with E-state index >= 15 is 0 Å². The summed E-state index contributed by atoms with van der Waals surface area (Å²) >= 11 is 0. The topological polar surface area (TPSA) is 47.6 Å². The van der Waals surface area contributed by atoms with Gasteiger partial charge in [0.2, 0.25) is 0 Å². The molecule has 1 rings (SSSR count). The Kier molecular flexibility index (Phi) is 3.87. The van der Waals surface area contributed by atoms with Crippen LogP contribution in [0.15, 0.2) is 0 Å². The van der Waals surface area contributed by atoms with Crippen LogP contribution in [0.2, 0.25) is 0 Å². The van der Waals surface area contributed by atoms with Crippen LogP contribution in [0, 0.1) is 5.92 Å². The van der Waals surface area contributed by atoms with Crippen molar-refractivity contribution in [1.82, 2.24) is 5.32 Å². The van der Waals surface area contributed by atoms with Crippen molar-refractivity contribution in [1.29, 1.82) is 0 Å². The summed E-state index contributed by atoms with van der Waals surface area (Å²) in [7, 11) is 1.56. The van der Waals surface area contributed by atoms with E-state index in [4.69, 9.17) is 9.47 Å². The molecule has 0 aromatic heterocycles. The smallest absolute Gasteiger partial charge is 0.406 e. The summed E-state index contributed by atoms with van der Waals surface area (Å²) in [6.45, 7) is 2.10. The van der Waals surface area contributed by atoms with Crippen LogP contribution in [0.5, 0.6) is 0 Å². The van der Waals surface area contributed by atoms with E-state index in [1.807, 2.05) is 0 Å². The lowest BCUT2D eigenvalue weighted by Gasteiger charge is -2.21. The summed E-state index contributed by atoms with van der Waals surface area (Å²) in [6, 6.07) is 0. The van der Waals surface area contributed by atoms with Crippen molar-refractivity contribution in [3.8, 4) is 0 Å². The molecule has 1 N–H and O–H groups in total. The van der Waals surface area contributed by atoms with E-state index < -0.39 is 0 Å². The van der Waals surface area contributed by atoms with Crippen LogP contribution in [-0.4, -0.2) is 33.0 Å². The number of rotatable bonds is 2. The number of ether oxygens (including phenoxy) is 2. The van der Waals surface area contributed by atoms with Gasteiger partial charge in [-0.05, 0) is 18.8 Å². The second-order valence-electron chi connectivity index (χ2n) is 2.90. The van der Waals surface area contributed by atoms with E-state index in [1.54, 1.807) is 7.05 Å². The van der Waals surface area contributed by atoms with Gasteiger partial charge in [-0.15, -0.1) is 0 Å². The van der Waals surface area contributed by atoms with E-state index in [0.717, 1.165) is 26.1 Å². The number of nitrogens with one attached hydrogen (secondary N) is 1. The zero-order valence-corrected chi connectivity index (χ0v) is 7.34. The van der Waals surface area contributed by atoms with Gasteiger partial charge in [0.15, 0.2) is 0 Å². The maximum Gasteiger partial charge on any atom is 0.406 e. The number of carbonyl (C=O) groups is 1. The summed E-state index contributed by atoms with van der Waals surface area (Å²) in [5.41, 5.74) is 0. The average Bonchev–Trinajstić information content (AvgIpc) is 2.16. The third-order valence-corrected chi connectivity index (χ3v) is 2.00. The predicted molar refractivity (Wildman–Crippen MR) is 44.0 cm³/mol. The normalized spacial score (nSPS) is 18.8. The monoisotopic (exact) mass is 173 g/mol. The average molecular weight is 173 g/mol. The van der Waals surface area contributed by atoms with Crippen LogP contribution in [0.4, 0.5) is 4.79 Å². The molecule has 1 aliphatic rings. The van der Waals surface area contributed by atoms with Crippen LogP contribution in [0.3, 0.4) is 0 Å². The molecule has 1 heterocycles. The number of hydrogen-bond acceptors (Lipinski definition) is 3. The Morgan fingerprint density at radius 3 is 2.83 bits per heavy atom. The fourth-order valence-electron chi connectivity index (χ4n) is 1.18. The molecule has 0 bridgehead atoms. The minimum absolute atomic E-state index is 0.346. The van der Waals surface area contributed by atoms with Gasteiger partial charge in [-0.25, -0.2) is 4.79 Å². The molecule has 0 aromatic rings. The molecule has 1 aliphatic heterocycles. The van der Waals surface area contributed by atoms with Gasteiger partial charge in [0.25, 0.3) is 0 Å². The van der Waals surface area contributed by atoms with Gasteiger partial charge in [0.1, 0.15) is 0 Å². The predicted octanol–water partition coefficient (Wildman–Crippen LogP) is 0.769. The third-order valence-electron chi connectivity index (χ3n) is 2.00. The molecule has 0 radical (unpaired) electrons. The molecular weight excluding hydrogens is 158 g/mol. The van der Waals surface area contributed by atoms with E-state index in [1.165, 1.54) is 0 Å². The van der Waals surface area contributed by atoms with E-state index in [0.29, 0.717) is 12.5 Å². The Morgan fingerprint density at radius 1 is 1.58 bits per heavy atom. The maximum atomic E-state index is 10.7. The Hall–Kier alpha value is -0.770. The molecule has 70 valence electrons. The largest absolute Gasteiger partial charge is 0.449 e. The van der Waals surface area contributed by atoms with Gasteiger partial charge in [-0.2, -0.15) is 0 Å². The molecule has 12 heavy (non-hydrogen) atoms.